The zero-order valence-corrected chi connectivity index (χ0v) is 22.7. The summed E-state index contributed by atoms with van der Waals surface area (Å²) in [4.78, 5) is 11.9. The molecular weight excluding hydrogens is 508 g/mol. The topological polar surface area (TPSA) is 76.0 Å². The van der Waals surface area contributed by atoms with Gasteiger partial charge in [0.25, 0.3) is 0 Å². The number of hydrogen-bond acceptors (Lipinski definition) is 5. The lowest BCUT2D eigenvalue weighted by molar-refractivity contribution is -0.136. The molecule has 3 aromatic carbocycles. The Labute approximate surface area is 227 Å². The van der Waals surface area contributed by atoms with Gasteiger partial charge in [-0.1, -0.05) is 54.9 Å². The lowest BCUT2D eigenvalue weighted by Crippen LogP contribution is -2.39. The van der Waals surface area contributed by atoms with Crippen molar-refractivity contribution in [2.75, 3.05) is 12.4 Å². The maximum Gasteiger partial charge on any atom is 0.307 e. The minimum Gasteiger partial charge on any atom is -0.494 e. The molecule has 0 aromatic heterocycles. The highest BCUT2D eigenvalue weighted by atomic mass is 35.5. The predicted octanol–water partition coefficient (Wildman–Crippen LogP) is 6.58. The number of aliphatic hydroxyl groups is 1. The van der Waals surface area contributed by atoms with Gasteiger partial charge in [-0.25, -0.2) is 0 Å². The normalized spacial score (nSPS) is 21.5. The predicted molar refractivity (Wildman–Crippen MR) is 148 cm³/mol. The van der Waals surface area contributed by atoms with Gasteiger partial charge < -0.3 is 19.7 Å². The summed E-state index contributed by atoms with van der Waals surface area (Å²) in [7, 11) is 0. The van der Waals surface area contributed by atoms with Crippen molar-refractivity contribution in [1.82, 2.24) is 0 Å². The van der Waals surface area contributed by atoms with Crippen LogP contribution in [0.5, 0.6) is 5.75 Å². The summed E-state index contributed by atoms with van der Waals surface area (Å²) < 4.78 is 12.1. The fourth-order valence-electron chi connectivity index (χ4n) is 4.63. The van der Waals surface area contributed by atoms with Gasteiger partial charge in [-0.05, 0) is 65.9 Å². The maximum atomic E-state index is 10.9. The second-order valence-corrected chi connectivity index (χ2v) is 11.0. The maximum absolute atomic E-state index is 10.9. The van der Waals surface area contributed by atoms with E-state index in [1.165, 1.54) is 0 Å². The first kappa shape index (κ1) is 27.5. The highest BCUT2D eigenvalue weighted by molar-refractivity contribution is 7.99. The lowest BCUT2D eigenvalue weighted by atomic mass is 9.86. The van der Waals surface area contributed by atoms with Gasteiger partial charge >= 0.3 is 5.97 Å². The average molecular weight is 541 g/mol. The molecule has 0 amide bonds. The van der Waals surface area contributed by atoms with Gasteiger partial charge in [0.2, 0.25) is 0 Å². The molecule has 1 saturated heterocycles. The van der Waals surface area contributed by atoms with Crippen molar-refractivity contribution in [2.45, 2.75) is 56.3 Å². The molecule has 2 N–H and O–H groups in total. The van der Waals surface area contributed by atoms with E-state index in [2.05, 4.69) is 18.2 Å². The molecule has 3 aromatic rings. The van der Waals surface area contributed by atoms with E-state index in [9.17, 15) is 9.90 Å². The van der Waals surface area contributed by atoms with Gasteiger partial charge in [0.05, 0.1) is 31.3 Å². The van der Waals surface area contributed by atoms with Crippen LogP contribution >= 0.6 is 23.4 Å². The summed E-state index contributed by atoms with van der Waals surface area (Å²) in [6.45, 7) is 4.63. The number of ether oxygens (including phenoxy) is 2. The Balaban J connectivity index is 1.43. The molecule has 1 aliphatic heterocycles. The average Bonchev–Trinajstić information content (AvgIpc) is 2.88. The fraction of sp³-hybridized carbons (Fsp3) is 0.367. The van der Waals surface area contributed by atoms with E-state index in [-0.39, 0.29) is 24.5 Å². The van der Waals surface area contributed by atoms with E-state index in [0.29, 0.717) is 30.2 Å². The number of hydrogen-bond donors (Lipinski definition) is 2. The Morgan fingerprint density at radius 2 is 1.78 bits per heavy atom. The second-order valence-electron chi connectivity index (χ2n) is 9.47. The Bertz CT molecular complexity index is 1180. The Morgan fingerprint density at radius 3 is 2.46 bits per heavy atom. The summed E-state index contributed by atoms with van der Waals surface area (Å²) in [6.07, 6.45) is 0.486. The molecule has 0 spiro atoms. The van der Waals surface area contributed by atoms with Crippen molar-refractivity contribution in [3.05, 3.63) is 94.0 Å². The van der Waals surface area contributed by atoms with Gasteiger partial charge in [0.15, 0.2) is 0 Å². The van der Waals surface area contributed by atoms with Crippen molar-refractivity contribution >= 4 is 29.3 Å². The van der Waals surface area contributed by atoms with Crippen LogP contribution in [0, 0.1) is 5.92 Å². The van der Waals surface area contributed by atoms with Crippen LogP contribution in [0.2, 0.25) is 5.02 Å². The van der Waals surface area contributed by atoms with E-state index < -0.39 is 12.1 Å². The van der Waals surface area contributed by atoms with Gasteiger partial charge in [0.1, 0.15) is 5.75 Å². The highest BCUT2D eigenvalue weighted by Crippen LogP contribution is 2.39. The Kier molecular flexibility index (Phi) is 9.54. The zero-order valence-electron chi connectivity index (χ0n) is 21.1. The molecule has 0 radical (unpaired) electrons. The first-order chi connectivity index (χ1) is 17.8. The van der Waals surface area contributed by atoms with Crippen LogP contribution < -0.4 is 4.74 Å². The number of aliphatic hydroxyl groups excluding tert-OH is 1. The van der Waals surface area contributed by atoms with Crippen molar-refractivity contribution in [1.29, 1.82) is 0 Å². The third-order valence-corrected chi connectivity index (χ3v) is 8.18. The molecule has 4 atom stereocenters. The van der Waals surface area contributed by atoms with Crippen LogP contribution in [0.3, 0.4) is 0 Å². The number of halogens is 1. The molecular formula is C30H33ClO5S. The lowest BCUT2D eigenvalue weighted by Gasteiger charge is -2.38. The summed E-state index contributed by atoms with van der Waals surface area (Å²) in [5.74, 6) is 0.668. The third kappa shape index (κ3) is 7.51. The van der Waals surface area contributed by atoms with Crippen LogP contribution in [-0.4, -0.2) is 40.8 Å². The van der Waals surface area contributed by atoms with E-state index in [1.807, 2.05) is 62.4 Å². The first-order valence-corrected chi connectivity index (χ1v) is 14.0. The number of carbonyl (C=O) groups is 1. The first-order valence-electron chi connectivity index (χ1n) is 12.6. The summed E-state index contributed by atoms with van der Waals surface area (Å²) in [6, 6.07) is 21.6. The SMILES string of the molecule is CCOc1ccc(Cc2cc(C3OC(CSc4ccc(CC(=O)O)cc4)CC(O)C3C)ccc2Cl)cc1. The smallest absolute Gasteiger partial charge is 0.307 e. The van der Waals surface area contributed by atoms with Crippen molar-refractivity contribution in [2.24, 2.45) is 5.92 Å². The summed E-state index contributed by atoms with van der Waals surface area (Å²) >= 11 is 8.22. The molecule has 4 rings (SSSR count). The van der Waals surface area contributed by atoms with E-state index in [1.54, 1.807) is 11.8 Å². The van der Waals surface area contributed by atoms with Crippen molar-refractivity contribution in [3.63, 3.8) is 0 Å². The minimum atomic E-state index is -0.838. The molecule has 0 aliphatic carbocycles. The summed E-state index contributed by atoms with van der Waals surface area (Å²) in [5, 5.41) is 20.5. The molecule has 5 nitrogen and oxygen atoms in total. The van der Waals surface area contributed by atoms with E-state index >= 15 is 0 Å². The number of aliphatic carboxylic acids is 1. The van der Waals surface area contributed by atoms with Gasteiger partial charge in [-0.3, -0.25) is 4.79 Å². The van der Waals surface area contributed by atoms with Crippen LogP contribution in [0.4, 0.5) is 0 Å². The molecule has 0 saturated carbocycles. The minimum absolute atomic E-state index is 0.0180. The fourth-order valence-corrected chi connectivity index (χ4v) is 5.73. The van der Waals surface area contributed by atoms with E-state index in [0.717, 1.165) is 32.9 Å². The second kappa shape index (κ2) is 12.8. The summed E-state index contributed by atoms with van der Waals surface area (Å²) in [5.41, 5.74) is 3.96. The molecule has 1 fully saturated rings. The highest BCUT2D eigenvalue weighted by Gasteiger charge is 2.36. The molecule has 7 heteroatoms. The number of carboxylic acids is 1. The van der Waals surface area contributed by atoms with Crippen molar-refractivity contribution < 1.29 is 24.5 Å². The monoisotopic (exact) mass is 540 g/mol. The van der Waals surface area contributed by atoms with Crippen molar-refractivity contribution in [3.8, 4) is 5.75 Å². The van der Waals surface area contributed by atoms with Crippen LogP contribution in [-0.2, 0) is 22.4 Å². The molecule has 37 heavy (non-hydrogen) atoms. The molecule has 4 unspecified atom stereocenters. The van der Waals surface area contributed by atoms with E-state index in [4.69, 9.17) is 26.2 Å². The number of rotatable bonds is 10. The number of carboxylic acid groups (broad SMARTS) is 1. The standard InChI is InChI=1S/C30H33ClO5S/c1-3-35-24-9-4-20(5-10-24)14-23-16-22(8-13-27(23)31)30-19(2)28(32)17-25(36-30)18-37-26-11-6-21(7-12-26)15-29(33)34/h4-13,16,19,25,28,30,32H,3,14-15,17-18H2,1-2H3,(H,33,34). The molecule has 1 aliphatic rings. The molecule has 196 valence electrons. The zero-order chi connectivity index (χ0) is 26.4. The molecule has 0 bridgehead atoms. The van der Waals surface area contributed by atoms with Crippen LogP contribution in [0.15, 0.2) is 71.6 Å². The molecule has 1 heterocycles. The number of benzene rings is 3. The van der Waals surface area contributed by atoms with Crippen LogP contribution in [0.1, 0.15) is 48.6 Å². The Morgan fingerprint density at radius 1 is 1.08 bits per heavy atom. The van der Waals surface area contributed by atoms with Gasteiger partial charge in [-0.2, -0.15) is 0 Å². The van der Waals surface area contributed by atoms with Gasteiger partial charge in [0, 0.05) is 28.0 Å². The van der Waals surface area contributed by atoms with Gasteiger partial charge in [-0.15, -0.1) is 11.8 Å². The quantitative estimate of drug-likeness (QED) is 0.283. The number of thioether (sulfide) groups is 1. The third-order valence-electron chi connectivity index (χ3n) is 6.67. The Hall–Kier alpha value is -2.51. The largest absolute Gasteiger partial charge is 0.494 e. The van der Waals surface area contributed by atoms with Crippen LogP contribution in [0.25, 0.3) is 0 Å².